The van der Waals surface area contributed by atoms with Crippen LogP contribution in [0.1, 0.15) is 59.7 Å². The van der Waals surface area contributed by atoms with Crippen molar-refractivity contribution in [3.05, 3.63) is 47.5 Å². The van der Waals surface area contributed by atoms with Gasteiger partial charge in [0.15, 0.2) is 10.7 Å². The molecule has 9 nitrogen and oxygen atoms in total. The van der Waals surface area contributed by atoms with Gasteiger partial charge in [-0.15, -0.1) is 0 Å². The Morgan fingerprint density at radius 1 is 1.12 bits per heavy atom. The third-order valence-corrected chi connectivity index (χ3v) is 10.1. The van der Waals surface area contributed by atoms with Crippen molar-refractivity contribution >= 4 is 44.2 Å². The SMILES string of the molecule is COCC1CC(C)N1c1nc2ccc(OC)c(C(=O)Nc3ccccc3C(=O)NC34CCC(C(F)(F)F)(CC3)OC4)c2s1. The van der Waals surface area contributed by atoms with Gasteiger partial charge in [0.05, 0.1) is 53.4 Å². The van der Waals surface area contributed by atoms with Crippen LogP contribution in [-0.2, 0) is 9.47 Å². The summed E-state index contributed by atoms with van der Waals surface area (Å²) in [6.45, 7) is 2.47. The van der Waals surface area contributed by atoms with Crippen LogP contribution in [0.4, 0.5) is 24.0 Å². The highest BCUT2D eigenvalue weighted by molar-refractivity contribution is 7.22. The first-order valence-corrected chi connectivity index (χ1v) is 15.0. The van der Waals surface area contributed by atoms with Gasteiger partial charge >= 0.3 is 6.18 Å². The fourth-order valence-electron chi connectivity index (χ4n) is 6.49. The molecule has 230 valence electrons. The molecular formula is C30H33F3N4O5S. The van der Waals surface area contributed by atoms with E-state index in [2.05, 4.69) is 22.5 Å². The number of methoxy groups -OCH3 is 2. The molecule has 0 radical (unpaired) electrons. The number of carbonyl (C=O) groups is 2. The molecule has 43 heavy (non-hydrogen) atoms. The van der Waals surface area contributed by atoms with Crippen LogP contribution in [0.3, 0.4) is 0 Å². The van der Waals surface area contributed by atoms with Gasteiger partial charge in [-0.25, -0.2) is 4.98 Å². The fraction of sp³-hybridized carbons (Fsp3) is 0.500. The lowest BCUT2D eigenvalue weighted by atomic mass is 9.70. The minimum absolute atomic E-state index is 0.153. The van der Waals surface area contributed by atoms with Gasteiger partial charge in [-0.05, 0) is 63.3 Å². The van der Waals surface area contributed by atoms with Gasteiger partial charge in [-0.1, -0.05) is 23.5 Å². The van der Waals surface area contributed by atoms with Gasteiger partial charge in [0, 0.05) is 13.2 Å². The number of hydrogen-bond acceptors (Lipinski definition) is 8. The minimum Gasteiger partial charge on any atom is -0.496 e. The molecular weight excluding hydrogens is 585 g/mol. The predicted octanol–water partition coefficient (Wildman–Crippen LogP) is 5.54. The Morgan fingerprint density at radius 2 is 1.86 bits per heavy atom. The molecule has 2 aromatic carbocycles. The maximum Gasteiger partial charge on any atom is 0.417 e. The van der Waals surface area contributed by atoms with Crippen molar-refractivity contribution in [1.82, 2.24) is 10.3 Å². The normalized spacial score (nSPS) is 26.7. The second kappa shape index (κ2) is 10.9. The highest BCUT2D eigenvalue weighted by atomic mass is 32.1. The van der Waals surface area contributed by atoms with E-state index in [0.717, 1.165) is 11.6 Å². The summed E-state index contributed by atoms with van der Waals surface area (Å²) in [6, 6.07) is 10.5. The van der Waals surface area contributed by atoms with Crippen molar-refractivity contribution < 1.29 is 37.0 Å². The highest BCUT2D eigenvalue weighted by Gasteiger charge is 2.63. The monoisotopic (exact) mass is 618 g/mol. The number of fused-ring (bicyclic) bond motifs is 4. The second-order valence-corrected chi connectivity index (χ2v) is 12.6. The van der Waals surface area contributed by atoms with Gasteiger partial charge in [0.2, 0.25) is 0 Å². The number of carbonyl (C=O) groups excluding carboxylic acids is 2. The summed E-state index contributed by atoms with van der Waals surface area (Å²) in [6.07, 6.45) is -3.59. The molecule has 4 heterocycles. The molecule has 3 saturated heterocycles. The van der Waals surface area contributed by atoms with E-state index in [4.69, 9.17) is 19.2 Å². The van der Waals surface area contributed by atoms with Crippen LogP contribution < -0.4 is 20.3 Å². The van der Waals surface area contributed by atoms with Crippen LogP contribution in [0.25, 0.3) is 10.2 Å². The van der Waals surface area contributed by atoms with Gasteiger partial charge in [0.25, 0.3) is 11.8 Å². The van der Waals surface area contributed by atoms with Crippen LogP contribution in [0.5, 0.6) is 5.75 Å². The van der Waals surface area contributed by atoms with Gasteiger partial charge < -0.3 is 29.7 Å². The molecule has 3 aromatic rings. The average molecular weight is 619 g/mol. The fourth-order valence-corrected chi connectivity index (χ4v) is 7.77. The van der Waals surface area contributed by atoms with Gasteiger partial charge in [-0.3, -0.25) is 9.59 Å². The Hall–Kier alpha value is -3.42. The van der Waals surface area contributed by atoms with Crippen LogP contribution in [0.2, 0.25) is 0 Å². The summed E-state index contributed by atoms with van der Waals surface area (Å²) in [4.78, 5) is 34.3. The van der Waals surface area contributed by atoms with Crippen molar-refractivity contribution in [3.8, 4) is 5.75 Å². The number of aromatic nitrogens is 1. The van der Waals surface area contributed by atoms with E-state index in [-0.39, 0.29) is 55.6 Å². The van der Waals surface area contributed by atoms with Crippen molar-refractivity contribution in [2.45, 2.75) is 68.4 Å². The molecule has 1 aromatic heterocycles. The van der Waals surface area contributed by atoms with E-state index in [1.807, 2.05) is 6.07 Å². The maximum atomic E-state index is 13.8. The number of thiazole rings is 1. The Labute approximate surface area is 250 Å². The minimum atomic E-state index is -4.46. The molecule has 4 aliphatic rings. The van der Waals surface area contributed by atoms with E-state index >= 15 is 0 Å². The molecule has 7 rings (SSSR count). The summed E-state index contributed by atoms with van der Waals surface area (Å²) in [7, 11) is 3.15. The first kappa shape index (κ1) is 29.6. The molecule has 2 bridgehead atoms. The molecule has 13 heteroatoms. The van der Waals surface area contributed by atoms with Gasteiger partial charge in [0.1, 0.15) is 11.3 Å². The summed E-state index contributed by atoms with van der Waals surface area (Å²) in [5.74, 6) is -0.613. The van der Waals surface area contributed by atoms with Crippen LogP contribution in [0.15, 0.2) is 36.4 Å². The first-order chi connectivity index (χ1) is 20.5. The van der Waals surface area contributed by atoms with Crippen molar-refractivity contribution in [2.24, 2.45) is 0 Å². The number of benzene rings is 2. The molecule has 2 unspecified atom stereocenters. The highest BCUT2D eigenvalue weighted by Crippen LogP contribution is 2.51. The van der Waals surface area contributed by atoms with Crippen LogP contribution in [-0.4, -0.2) is 73.6 Å². The number of rotatable bonds is 8. The number of para-hydroxylation sites is 1. The smallest absolute Gasteiger partial charge is 0.417 e. The van der Waals surface area contributed by atoms with E-state index < -0.39 is 29.1 Å². The second-order valence-electron chi connectivity index (χ2n) is 11.6. The zero-order chi connectivity index (χ0) is 30.6. The predicted molar refractivity (Wildman–Crippen MR) is 156 cm³/mol. The van der Waals surface area contributed by atoms with E-state index in [0.29, 0.717) is 28.1 Å². The summed E-state index contributed by atoms with van der Waals surface area (Å²) < 4.78 is 57.7. The average Bonchev–Trinajstić information content (AvgIpc) is 3.39. The zero-order valence-corrected chi connectivity index (χ0v) is 24.9. The molecule has 4 fully saturated rings. The lowest BCUT2D eigenvalue weighted by Gasteiger charge is -2.53. The lowest BCUT2D eigenvalue weighted by Crippen LogP contribution is -2.66. The molecule has 2 atom stereocenters. The molecule has 0 spiro atoms. The first-order valence-electron chi connectivity index (χ1n) is 14.2. The summed E-state index contributed by atoms with van der Waals surface area (Å²) in [5.41, 5.74) is -1.64. The molecule has 1 aliphatic carbocycles. The third kappa shape index (κ3) is 5.10. The Morgan fingerprint density at radius 3 is 2.49 bits per heavy atom. The molecule has 1 saturated carbocycles. The maximum absolute atomic E-state index is 13.8. The van der Waals surface area contributed by atoms with Crippen molar-refractivity contribution in [2.75, 3.05) is 37.7 Å². The largest absolute Gasteiger partial charge is 0.496 e. The number of ether oxygens (including phenoxy) is 3. The number of nitrogens with one attached hydrogen (secondary N) is 2. The standard InChI is InChI=1S/C30H33F3N4O5S/c1-17-14-18(15-40-2)37(17)27-35-21-8-9-22(41-3)23(24(21)43-27)26(39)34-20-7-5-4-6-19(20)25(38)36-28-10-12-29(13-11-28,42-16-28)30(31,32)33/h4-9,17-18H,10-16H2,1-3H3,(H,34,39)(H,36,38). The lowest BCUT2D eigenvalue weighted by molar-refractivity contribution is -0.317. The Balaban J connectivity index is 1.24. The number of amides is 2. The van der Waals surface area contributed by atoms with Crippen molar-refractivity contribution in [3.63, 3.8) is 0 Å². The zero-order valence-electron chi connectivity index (χ0n) is 24.0. The molecule has 2 amide bonds. The van der Waals surface area contributed by atoms with Gasteiger partial charge in [-0.2, -0.15) is 13.2 Å². The van der Waals surface area contributed by atoms with Crippen LogP contribution >= 0.6 is 11.3 Å². The molecule has 2 N–H and O–H groups in total. The quantitative estimate of drug-likeness (QED) is 0.342. The van der Waals surface area contributed by atoms with Crippen LogP contribution in [0, 0.1) is 0 Å². The van der Waals surface area contributed by atoms with E-state index in [1.54, 1.807) is 37.4 Å². The van der Waals surface area contributed by atoms with E-state index in [9.17, 15) is 22.8 Å². The molecule has 3 aliphatic heterocycles. The van der Waals surface area contributed by atoms with E-state index in [1.165, 1.54) is 18.4 Å². The number of halogens is 3. The number of nitrogens with zero attached hydrogens (tertiary/aromatic N) is 2. The Bertz CT molecular complexity index is 1530. The number of hydrogen-bond donors (Lipinski definition) is 2. The Kier molecular flexibility index (Phi) is 7.54. The topological polar surface area (TPSA) is 102 Å². The van der Waals surface area contributed by atoms with Crippen molar-refractivity contribution in [1.29, 1.82) is 0 Å². The number of alkyl halides is 3. The third-order valence-electron chi connectivity index (χ3n) is 8.97. The summed E-state index contributed by atoms with van der Waals surface area (Å²) in [5, 5.41) is 6.58. The summed E-state index contributed by atoms with van der Waals surface area (Å²) >= 11 is 1.40. The number of anilines is 2.